The molecular formula is C11H17NO6. The van der Waals surface area contributed by atoms with Crippen molar-refractivity contribution in [2.24, 2.45) is 0 Å². The molecule has 1 saturated heterocycles. The molecule has 0 aromatic rings. The molecule has 2 N–H and O–H groups in total. The molecule has 1 fully saturated rings. The van der Waals surface area contributed by atoms with Crippen LogP contribution >= 0.6 is 0 Å². The molecule has 1 rings (SSSR count). The zero-order chi connectivity index (χ0) is 13.5. The van der Waals surface area contributed by atoms with E-state index in [9.17, 15) is 14.4 Å². The summed E-state index contributed by atoms with van der Waals surface area (Å²) in [6.07, 6.45) is -0.136. The number of methoxy groups -OCH3 is 1. The number of rotatable bonds is 6. The van der Waals surface area contributed by atoms with Gasteiger partial charge in [-0.25, -0.2) is 4.79 Å². The van der Waals surface area contributed by atoms with Crippen LogP contribution in [-0.4, -0.2) is 48.8 Å². The number of amides is 1. The fourth-order valence-electron chi connectivity index (χ4n) is 1.67. The Hall–Kier alpha value is -1.63. The van der Waals surface area contributed by atoms with Gasteiger partial charge in [-0.1, -0.05) is 0 Å². The third-order valence-electron chi connectivity index (χ3n) is 2.67. The van der Waals surface area contributed by atoms with Gasteiger partial charge >= 0.3 is 11.9 Å². The summed E-state index contributed by atoms with van der Waals surface area (Å²) in [4.78, 5) is 33.0. The van der Waals surface area contributed by atoms with Gasteiger partial charge in [-0.3, -0.25) is 9.59 Å². The van der Waals surface area contributed by atoms with Crippen LogP contribution in [0.3, 0.4) is 0 Å². The summed E-state index contributed by atoms with van der Waals surface area (Å²) in [5.74, 6) is -1.70. The zero-order valence-electron chi connectivity index (χ0n) is 10.2. The fourth-order valence-corrected chi connectivity index (χ4v) is 1.67. The van der Waals surface area contributed by atoms with E-state index < -0.39 is 18.2 Å². The summed E-state index contributed by atoms with van der Waals surface area (Å²) in [6, 6.07) is 0. The van der Waals surface area contributed by atoms with Gasteiger partial charge in [-0.2, -0.15) is 0 Å². The molecule has 0 aromatic heterocycles. The van der Waals surface area contributed by atoms with Gasteiger partial charge in [0.25, 0.3) is 0 Å². The highest BCUT2D eigenvalue weighted by molar-refractivity contribution is 5.82. The molecule has 0 bridgehead atoms. The molecule has 7 heteroatoms. The fraction of sp³-hybridized carbons (Fsp3) is 0.727. The Balaban J connectivity index is 2.18. The predicted molar refractivity (Wildman–Crippen MR) is 59.8 cm³/mol. The monoisotopic (exact) mass is 259 g/mol. The molecule has 7 nitrogen and oxygen atoms in total. The van der Waals surface area contributed by atoms with E-state index in [1.165, 1.54) is 7.11 Å². The lowest BCUT2D eigenvalue weighted by atomic mass is 10.2. The Morgan fingerprint density at radius 3 is 2.56 bits per heavy atom. The molecule has 0 spiro atoms. The minimum Gasteiger partial charge on any atom is -0.479 e. The van der Waals surface area contributed by atoms with Crippen LogP contribution < -0.4 is 5.32 Å². The highest BCUT2D eigenvalue weighted by Gasteiger charge is 2.34. The van der Waals surface area contributed by atoms with Crippen LogP contribution in [-0.2, 0) is 23.9 Å². The molecule has 0 saturated carbocycles. The highest BCUT2D eigenvalue weighted by atomic mass is 16.5. The summed E-state index contributed by atoms with van der Waals surface area (Å²) in [7, 11) is 1.30. The van der Waals surface area contributed by atoms with E-state index in [1.54, 1.807) is 0 Å². The number of nitrogens with one attached hydrogen (secondary N) is 1. The SMILES string of the molecule is COC(=O)CCCNC(=O)C1CCC(C(=O)O)O1. The molecular weight excluding hydrogens is 242 g/mol. The summed E-state index contributed by atoms with van der Waals surface area (Å²) in [6.45, 7) is 0.339. The largest absolute Gasteiger partial charge is 0.479 e. The number of carbonyl (C=O) groups excluding carboxylic acids is 2. The molecule has 102 valence electrons. The summed E-state index contributed by atoms with van der Waals surface area (Å²) < 4.78 is 9.54. The first-order valence-corrected chi connectivity index (χ1v) is 5.77. The van der Waals surface area contributed by atoms with Gasteiger partial charge in [0.05, 0.1) is 7.11 Å². The van der Waals surface area contributed by atoms with Gasteiger partial charge in [0.1, 0.15) is 6.10 Å². The molecule has 1 heterocycles. The lowest BCUT2D eigenvalue weighted by Crippen LogP contribution is -2.36. The van der Waals surface area contributed by atoms with Gasteiger partial charge in [0, 0.05) is 13.0 Å². The van der Waals surface area contributed by atoms with Gasteiger partial charge in [-0.15, -0.1) is 0 Å². The molecule has 1 aliphatic heterocycles. The van der Waals surface area contributed by atoms with E-state index in [2.05, 4.69) is 10.1 Å². The van der Waals surface area contributed by atoms with Crippen molar-refractivity contribution in [2.45, 2.75) is 37.9 Å². The molecule has 1 aliphatic rings. The molecule has 18 heavy (non-hydrogen) atoms. The standard InChI is InChI=1S/C11H17NO6/c1-17-9(13)3-2-6-12-10(14)7-4-5-8(18-7)11(15)16/h7-8H,2-6H2,1H3,(H,12,14)(H,15,16). The summed E-state index contributed by atoms with van der Waals surface area (Å²) in [5, 5.41) is 11.3. The average Bonchev–Trinajstić information content (AvgIpc) is 2.83. The quantitative estimate of drug-likeness (QED) is 0.501. The van der Waals surface area contributed by atoms with Crippen LogP contribution in [0, 0.1) is 0 Å². The number of hydrogen-bond donors (Lipinski definition) is 2. The highest BCUT2D eigenvalue weighted by Crippen LogP contribution is 2.19. The van der Waals surface area contributed by atoms with E-state index in [1.807, 2.05) is 0 Å². The lowest BCUT2D eigenvalue weighted by Gasteiger charge is -2.11. The maximum Gasteiger partial charge on any atom is 0.332 e. The van der Waals surface area contributed by atoms with E-state index >= 15 is 0 Å². The first-order valence-electron chi connectivity index (χ1n) is 5.77. The van der Waals surface area contributed by atoms with Crippen LogP contribution in [0.25, 0.3) is 0 Å². The Morgan fingerprint density at radius 2 is 2.00 bits per heavy atom. The molecule has 2 unspecified atom stereocenters. The van der Waals surface area contributed by atoms with E-state index in [0.29, 0.717) is 25.8 Å². The first kappa shape index (κ1) is 14.4. The number of esters is 1. The molecule has 0 radical (unpaired) electrons. The third kappa shape index (κ3) is 4.33. The van der Waals surface area contributed by atoms with E-state index in [0.717, 1.165) is 0 Å². The molecule has 2 atom stereocenters. The van der Waals surface area contributed by atoms with E-state index in [4.69, 9.17) is 9.84 Å². The Labute approximate surface area is 104 Å². The number of aliphatic carboxylic acids is 1. The van der Waals surface area contributed by atoms with Crippen molar-refractivity contribution in [1.29, 1.82) is 0 Å². The topological polar surface area (TPSA) is 102 Å². The minimum atomic E-state index is -1.05. The van der Waals surface area contributed by atoms with Crippen LogP contribution in [0.15, 0.2) is 0 Å². The maximum atomic E-state index is 11.6. The van der Waals surface area contributed by atoms with Crippen molar-refractivity contribution in [2.75, 3.05) is 13.7 Å². The van der Waals surface area contributed by atoms with Gasteiger partial charge < -0.3 is 19.9 Å². The van der Waals surface area contributed by atoms with Crippen molar-refractivity contribution < 1.29 is 29.0 Å². The number of ether oxygens (including phenoxy) is 2. The second-order valence-electron chi connectivity index (χ2n) is 4.00. The van der Waals surface area contributed by atoms with Crippen LogP contribution in [0.1, 0.15) is 25.7 Å². The number of carboxylic acid groups (broad SMARTS) is 1. The molecule has 0 aromatic carbocycles. The molecule has 1 amide bonds. The van der Waals surface area contributed by atoms with Gasteiger partial charge in [0.2, 0.25) is 5.91 Å². The van der Waals surface area contributed by atoms with Crippen molar-refractivity contribution in [3.05, 3.63) is 0 Å². The van der Waals surface area contributed by atoms with Gasteiger partial charge in [-0.05, 0) is 19.3 Å². The summed E-state index contributed by atoms with van der Waals surface area (Å²) >= 11 is 0. The first-order chi connectivity index (χ1) is 8.54. The Morgan fingerprint density at radius 1 is 1.33 bits per heavy atom. The van der Waals surface area contributed by atoms with Crippen molar-refractivity contribution >= 4 is 17.8 Å². The van der Waals surface area contributed by atoms with Crippen LogP contribution in [0.5, 0.6) is 0 Å². The average molecular weight is 259 g/mol. The predicted octanol–water partition coefficient (Wildman–Crippen LogP) is -0.312. The van der Waals surface area contributed by atoms with Crippen molar-refractivity contribution in [1.82, 2.24) is 5.32 Å². The summed E-state index contributed by atoms with van der Waals surface area (Å²) in [5.41, 5.74) is 0. The number of hydrogen-bond acceptors (Lipinski definition) is 5. The normalized spacial score (nSPS) is 22.5. The lowest BCUT2D eigenvalue weighted by molar-refractivity contribution is -0.152. The number of carboxylic acids is 1. The van der Waals surface area contributed by atoms with Crippen molar-refractivity contribution in [3.8, 4) is 0 Å². The third-order valence-corrected chi connectivity index (χ3v) is 2.67. The second-order valence-corrected chi connectivity index (χ2v) is 4.00. The Kier molecular flexibility index (Phi) is 5.57. The minimum absolute atomic E-state index is 0.236. The Bertz CT molecular complexity index is 329. The van der Waals surface area contributed by atoms with Crippen molar-refractivity contribution in [3.63, 3.8) is 0 Å². The number of carbonyl (C=O) groups is 3. The second kappa shape index (κ2) is 6.95. The molecule has 0 aliphatic carbocycles. The zero-order valence-corrected chi connectivity index (χ0v) is 10.2. The van der Waals surface area contributed by atoms with E-state index in [-0.39, 0.29) is 18.3 Å². The van der Waals surface area contributed by atoms with Crippen LogP contribution in [0.2, 0.25) is 0 Å². The van der Waals surface area contributed by atoms with Crippen LogP contribution in [0.4, 0.5) is 0 Å². The van der Waals surface area contributed by atoms with Gasteiger partial charge in [0.15, 0.2) is 6.10 Å². The maximum absolute atomic E-state index is 11.6. The smallest absolute Gasteiger partial charge is 0.332 e.